The zero-order valence-corrected chi connectivity index (χ0v) is 19.0. The fourth-order valence-corrected chi connectivity index (χ4v) is 4.49. The SMILES string of the molecule is [C-]#[N+]c1c(C)c(/C=C/C=C2\C(=O)N(C3CCCCC3)C(=O)C(C#N)=C2C)c(=O)n(CC)c1O. The average Bonchev–Trinajstić information content (AvgIpc) is 2.79. The molecule has 2 aliphatic rings. The molecule has 33 heavy (non-hydrogen) atoms. The highest BCUT2D eigenvalue weighted by molar-refractivity contribution is 6.18. The molecule has 3 rings (SSSR count). The molecule has 0 bridgehead atoms. The third-order valence-corrected chi connectivity index (χ3v) is 6.37. The first kappa shape index (κ1) is 23.7. The Kier molecular flexibility index (Phi) is 6.98. The minimum atomic E-state index is -0.546. The topological polar surface area (TPSA) is 108 Å². The molecule has 8 nitrogen and oxygen atoms in total. The number of carbonyl (C=O) groups excluding carboxylic acids is 2. The van der Waals surface area contributed by atoms with Crippen molar-refractivity contribution in [2.45, 2.75) is 65.5 Å². The summed E-state index contributed by atoms with van der Waals surface area (Å²) in [5, 5.41) is 19.8. The van der Waals surface area contributed by atoms with Crippen LogP contribution in [0, 0.1) is 24.8 Å². The summed E-state index contributed by atoms with van der Waals surface area (Å²) in [4.78, 5) is 43.5. The number of amides is 2. The van der Waals surface area contributed by atoms with Gasteiger partial charge in [-0.25, -0.2) is 4.85 Å². The molecule has 8 heteroatoms. The molecular weight excluding hydrogens is 420 g/mol. The fourth-order valence-electron chi connectivity index (χ4n) is 4.49. The normalized spacial score (nSPS) is 18.8. The van der Waals surface area contributed by atoms with Gasteiger partial charge in [-0.3, -0.25) is 23.9 Å². The molecule has 1 aliphatic heterocycles. The monoisotopic (exact) mass is 446 g/mol. The molecule has 0 atom stereocenters. The maximum atomic E-state index is 13.2. The Morgan fingerprint density at radius 2 is 1.85 bits per heavy atom. The van der Waals surface area contributed by atoms with Crippen molar-refractivity contribution in [1.29, 1.82) is 5.26 Å². The summed E-state index contributed by atoms with van der Waals surface area (Å²) in [5.41, 5.74) is 0.589. The lowest BCUT2D eigenvalue weighted by Crippen LogP contribution is -2.49. The Hall–Kier alpha value is -3.91. The van der Waals surface area contributed by atoms with Gasteiger partial charge in [0.05, 0.1) is 6.57 Å². The second-order valence-electron chi connectivity index (χ2n) is 8.20. The van der Waals surface area contributed by atoms with Crippen molar-refractivity contribution in [2.24, 2.45) is 0 Å². The van der Waals surface area contributed by atoms with Crippen LogP contribution in [0.4, 0.5) is 5.69 Å². The van der Waals surface area contributed by atoms with Gasteiger partial charge < -0.3 is 5.11 Å². The summed E-state index contributed by atoms with van der Waals surface area (Å²) < 4.78 is 1.11. The zero-order chi connectivity index (χ0) is 24.3. The van der Waals surface area contributed by atoms with E-state index in [4.69, 9.17) is 6.57 Å². The molecule has 2 amide bonds. The molecule has 0 saturated heterocycles. The molecule has 0 unspecified atom stereocenters. The average molecular weight is 447 g/mol. The zero-order valence-electron chi connectivity index (χ0n) is 19.0. The quantitative estimate of drug-likeness (QED) is 0.429. The molecule has 1 aromatic heterocycles. The van der Waals surface area contributed by atoms with Gasteiger partial charge in [0.15, 0.2) is 5.88 Å². The van der Waals surface area contributed by atoms with E-state index >= 15 is 0 Å². The summed E-state index contributed by atoms with van der Waals surface area (Å²) in [6.45, 7) is 12.4. The number of nitriles is 1. The van der Waals surface area contributed by atoms with Gasteiger partial charge in [-0.15, -0.1) is 0 Å². The summed E-state index contributed by atoms with van der Waals surface area (Å²) in [6, 6.07) is 1.72. The van der Waals surface area contributed by atoms with Gasteiger partial charge in [0.25, 0.3) is 17.4 Å². The van der Waals surface area contributed by atoms with E-state index in [-0.39, 0.29) is 40.9 Å². The van der Waals surface area contributed by atoms with Crippen molar-refractivity contribution < 1.29 is 14.7 Å². The van der Waals surface area contributed by atoms with E-state index in [0.717, 1.165) is 36.7 Å². The number of aromatic hydroxyl groups is 1. The van der Waals surface area contributed by atoms with Gasteiger partial charge in [-0.05, 0) is 50.8 Å². The smallest absolute Gasteiger partial charge is 0.271 e. The van der Waals surface area contributed by atoms with Crippen LogP contribution in [0.2, 0.25) is 0 Å². The highest BCUT2D eigenvalue weighted by Gasteiger charge is 2.39. The molecule has 2 heterocycles. The minimum absolute atomic E-state index is 0.00518. The first-order valence-electron chi connectivity index (χ1n) is 11.0. The Morgan fingerprint density at radius 1 is 1.18 bits per heavy atom. The van der Waals surface area contributed by atoms with E-state index in [0.29, 0.717) is 11.1 Å². The maximum absolute atomic E-state index is 13.2. The summed E-state index contributed by atoms with van der Waals surface area (Å²) in [7, 11) is 0. The molecule has 1 fully saturated rings. The Morgan fingerprint density at radius 3 is 2.42 bits per heavy atom. The summed E-state index contributed by atoms with van der Waals surface area (Å²) >= 11 is 0. The number of hydrogen-bond acceptors (Lipinski definition) is 5. The predicted octanol–water partition coefficient (Wildman–Crippen LogP) is 3.91. The van der Waals surface area contributed by atoms with Crippen molar-refractivity contribution in [1.82, 2.24) is 9.47 Å². The van der Waals surface area contributed by atoms with Crippen LogP contribution in [0.25, 0.3) is 10.9 Å². The van der Waals surface area contributed by atoms with Gasteiger partial charge in [0.1, 0.15) is 11.6 Å². The Labute approximate surface area is 192 Å². The number of imide groups is 1. The molecule has 1 N–H and O–H groups in total. The molecule has 1 saturated carbocycles. The Bertz CT molecular complexity index is 1240. The van der Waals surface area contributed by atoms with Gasteiger partial charge in [0.2, 0.25) is 5.69 Å². The van der Waals surface area contributed by atoms with Crippen molar-refractivity contribution in [3.63, 3.8) is 0 Å². The van der Waals surface area contributed by atoms with Crippen LogP contribution < -0.4 is 5.56 Å². The number of hydrogen-bond donors (Lipinski definition) is 1. The van der Waals surface area contributed by atoms with Crippen molar-refractivity contribution in [2.75, 3.05) is 0 Å². The van der Waals surface area contributed by atoms with Gasteiger partial charge in [-0.1, -0.05) is 31.4 Å². The first-order valence-corrected chi connectivity index (χ1v) is 11.0. The molecule has 1 aliphatic carbocycles. The maximum Gasteiger partial charge on any atom is 0.271 e. The Balaban J connectivity index is 2.08. The third-order valence-electron chi connectivity index (χ3n) is 6.37. The lowest BCUT2D eigenvalue weighted by molar-refractivity contribution is -0.144. The standard InChI is InChI=1S/C25H26N4O4/c1-5-28-22(30)19(16(3)21(27-4)25(28)33)13-9-12-18-15(2)20(14-26)24(32)29(23(18)31)17-10-7-6-8-11-17/h9,12-13,17,33H,5-8,10-11H2,1-3H3/b13-9+,18-12-. The van der Waals surface area contributed by atoms with Crippen LogP contribution in [-0.4, -0.2) is 32.4 Å². The number of pyridine rings is 1. The van der Waals surface area contributed by atoms with Crippen molar-refractivity contribution in [3.8, 4) is 11.9 Å². The van der Waals surface area contributed by atoms with Crippen LogP contribution >= 0.6 is 0 Å². The van der Waals surface area contributed by atoms with Gasteiger partial charge >= 0.3 is 0 Å². The predicted molar refractivity (Wildman–Crippen MR) is 123 cm³/mol. The lowest BCUT2D eigenvalue weighted by Gasteiger charge is -2.36. The number of allylic oxidation sites excluding steroid dienone is 2. The van der Waals surface area contributed by atoms with E-state index in [1.165, 1.54) is 23.1 Å². The number of aromatic nitrogens is 1. The second kappa shape index (κ2) is 9.70. The van der Waals surface area contributed by atoms with Crippen LogP contribution in [-0.2, 0) is 16.1 Å². The highest BCUT2D eigenvalue weighted by Crippen LogP contribution is 2.33. The first-order chi connectivity index (χ1) is 15.8. The van der Waals surface area contributed by atoms with Crippen LogP contribution in [0.5, 0.6) is 5.88 Å². The van der Waals surface area contributed by atoms with Crippen molar-refractivity contribution in [3.05, 3.63) is 61.8 Å². The van der Waals surface area contributed by atoms with E-state index in [9.17, 15) is 24.8 Å². The van der Waals surface area contributed by atoms with E-state index < -0.39 is 17.4 Å². The lowest BCUT2D eigenvalue weighted by atomic mass is 9.89. The van der Waals surface area contributed by atoms with Gasteiger partial charge in [-0.2, -0.15) is 5.26 Å². The third kappa shape index (κ3) is 4.12. The number of rotatable bonds is 4. The molecule has 170 valence electrons. The molecule has 0 aromatic carbocycles. The van der Waals surface area contributed by atoms with Crippen LogP contribution in [0.15, 0.2) is 33.7 Å². The second-order valence-corrected chi connectivity index (χ2v) is 8.20. The summed E-state index contributed by atoms with van der Waals surface area (Å²) in [6.07, 6.45) is 8.86. The van der Waals surface area contributed by atoms with Gasteiger partial charge in [0, 0.05) is 23.7 Å². The van der Waals surface area contributed by atoms with E-state index in [1.54, 1.807) is 20.8 Å². The minimum Gasteiger partial charge on any atom is -0.503 e. The van der Waals surface area contributed by atoms with Crippen LogP contribution in [0.1, 0.15) is 57.1 Å². The molecule has 0 spiro atoms. The summed E-state index contributed by atoms with van der Waals surface area (Å²) in [5.74, 6) is -1.36. The largest absolute Gasteiger partial charge is 0.503 e. The number of carbonyl (C=O) groups is 2. The molecular formula is C25H26N4O4. The number of nitrogens with zero attached hydrogens (tertiary/aromatic N) is 4. The molecule has 1 aromatic rings. The van der Waals surface area contributed by atoms with Crippen molar-refractivity contribution >= 4 is 23.6 Å². The molecule has 0 radical (unpaired) electrons. The highest BCUT2D eigenvalue weighted by atomic mass is 16.3. The van der Waals surface area contributed by atoms with E-state index in [2.05, 4.69) is 4.85 Å². The van der Waals surface area contributed by atoms with Crippen LogP contribution in [0.3, 0.4) is 0 Å². The van der Waals surface area contributed by atoms with E-state index in [1.807, 2.05) is 6.07 Å². The fraction of sp³-hybridized carbons (Fsp3) is 0.400.